The quantitative estimate of drug-likeness (QED) is 0.746. The normalized spacial score (nSPS) is 23.9. The SMILES string of the molecule is O=C(CC[CH]Br)C1CCCCO1. The van der Waals surface area contributed by atoms with Gasteiger partial charge in [0.25, 0.3) is 0 Å². The summed E-state index contributed by atoms with van der Waals surface area (Å²) in [6.45, 7) is 0.758. The standard InChI is InChI=1S/C9H14BrO2/c10-6-3-4-8(11)9-5-1-2-7-12-9/h6,9H,1-5,7H2. The van der Waals surface area contributed by atoms with Crippen LogP contribution in [0, 0.1) is 5.33 Å². The molecule has 0 aromatic rings. The summed E-state index contributed by atoms with van der Waals surface area (Å²) < 4.78 is 5.36. The third-order valence-corrected chi connectivity index (χ3v) is 2.50. The summed E-state index contributed by atoms with van der Waals surface area (Å²) in [6.07, 6.45) is 4.46. The summed E-state index contributed by atoms with van der Waals surface area (Å²) in [5.41, 5.74) is 0. The highest BCUT2D eigenvalue weighted by molar-refractivity contribution is 9.10. The van der Waals surface area contributed by atoms with Gasteiger partial charge in [-0.1, -0.05) is 15.9 Å². The van der Waals surface area contributed by atoms with E-state index in [0.717, 1.165) is 32.3 Å². The maximum Gasteiger partial charge on any atom is 0.161 e. The summed E-state index contributed by atoms with van der Waals surface area (Å²) in [7, 11) is 0. The van der Waals surface area contributed by atoms with Crippen molar-refractivity contribution in [3.63, 3.8) is 0 Å². The fourth-order valence-electron chi connectivity index (χ4n) is 1.35. The second kappa shape index (κ2) is 5.70. The highest BCUT2D eigenvalue weighted by Gasteiger charge is 2.20. The van der Waals surface area contributed by atoms with Gasteiger partial charge < -0.3 is 4.74 Å². The Kier molecular flexibility index (Phi) is 4.84. The average Bonchev–Trinajstić information content (AvgIpc) is 2.15. The Morgan fingerprint density at radius 1 is 1.58 bits per heavy atom. The molecule has 1 rings (SSSR count). The molecule has 1 aliphatic heterocycles. The molecule has 0 N–H and O–H groups in total. The van der Waals surface area contributed by atoms with Gasteiger partial charge in [-0.3, -0.25) is 4.79 Å². The van der Waals surface area contributed by atoms with Crippen LogP contribution in [0.15, 0.2) is 0 Å². The number of Topliss-reactive ketones (excluding diaryl/α,β-unsaturated/α-hetero) is 1. The third-order valence-electron chi connectivity index (χ3n) is 2.04. The van der Waals surface area contributed by atoms with Crippen LogP contribution in [0.2, 0.25) is 0 Å². The molecule has 3 heteroatoms. The van der Waals surface area contributed by atoms with Gasteiger partial charge in [0.15, 0.2) is 5.78 Å². The van der Waals surface area contributed by atoms with E-state index in [1.165, 1.54) is 0 Å². The number of hydrogen-bond acceptors (Lipinski definition) is 2. The molecule has 1 atom stereocenters. The maximum absolute atomic E-state index is 11.4. The fourth-order valence-corrected chi connectivity index (χ4v) is 1.58. The summed E-state index contributed by atoms with van der Waals surface area (Å²) in [4.78, 5) is 11.4. The average molecular weight is 234 g/mol. The van der Waals surface area contributed by atoms with E-state index >= 15 is 0 Å². The Balaban J connectivity index is 2.20. The molecule has 0 aliphatic carbocycles. The first kappa shape index (κ1) is 10.2. The molecule has 0 amide bonds. The minimum Gasteiger partial charge on any atom is -0.370 e. The van der Waals surface area contributed by atoms with E-state index in [0.29, 0.717) is 6.42 Å². The minimum atomic E-state index is -0.105. The molecule has 1 radical (unpaired) electrons. The van der Waals surface area contributed by atoms with Crippen molar-refractivity contribution in [1.82, 2.24) is 0 Å². The highest BCUT2D eigenvalue weighted by Crippen LogP contribution is 2.15. The van der Waals surface area contributed by atoms with Crippen LogP contribution < -0.4 is 0 Å². The Labute approximate surface area is 81.8 Å². The van der Waals surface area contributed by atoms with Crippen LogP contribution >= 0.6 is 15.9 Å². The van der Waals surface area contributed by atoms with Crippen LogP contribution in [0.5, 0.6) is 0 Å². The molecule has 1 fully saturated rings. The second-order valence-corrected chi connectivity index (χ2v) is 3.66. The lowest BCUT2D eigenvalue weighted by Crippen LogP contribution is -2.27. The molecule has 1 saturated heterocycles. The van der Waals surface area contributed by atoms with Gasteiger partial charge >= 0.3 is 0 Å². The highest BCUT2D eigenvalue weighted by atomic mass is 79.9. The molecule has 1 aliphatic rings. The number of carbonyl (C=O) groups excluding carboxylic acids is 1. The lowest BCUT2D eigenvalue weighted by atomic mass is 10.0. The first-order valence-corrected chi connectivity index (χ1v) is 5.32. The monoisotopic (exact) mass is 233 g/mol. The van der Waals surface area contributed by atoms with Gasteiger partial charge in [0.2, 0.25) is 0 Å². The van der Waals surface area contributed by atoms with E-state index < -0.39 is 0 Å². The molecule has 0 spiro atoms. The molecule has 69 valence electrons. The van der Waals surface area contributed by atoms with Crippen molar-refractivity contribution in [2.75, 3.05) is 6.61 Å². The van der Waals surface area contributed by atoms with E-state index in [-0.39, 0.29) is 11.9 Å². The van der Waals surface area contributed by atoms with Crippen molar-refractivity contribution >= 4 is 21.7 Å². The first-order chi connectivity index (χ1) is 5.84. The Bertz CT molecular complexity index is 141. The molecule has 1 unspecified atom stereocenters. The zero-order chi connectivity index (χ0) is 8.81. The smallest absolute Gasteiger partial charge is 0.161 e. The minimum absolute atomic E-state index is 0.105. The van der Waals surface area contributed by atoms with Gasteiger partial charge in [0, 0.05) is 18.4 Å². The van der Waals surface area contributed by atoms with Gasteiger partial charge in [-0.05, 0) is 25.7 Å². The summed E-state index contributed by atoms with van der Waals surface area (Å²) in [5, 5.41) is 1.84. The number of carbonyl (C=O) groups is 1. The lowest BCUT2D eigenvalue weighted by Gasteiger charge is -2.20. The van der Waals surface area contributed by atoms with Crippen molar-refractivity contribution in [3.8, 4) is 0 Å². The predicted molar refractivity (Wildman–Crippen MR) is 51.1 cm³/mol. The summed E-state index contributed by atoms with van der Waals surface area (Å²) in [5.74, 6) is 0.255. The van der Waals surface area contributed by atoms with Crippen molar-refractivity contribution in [2.24, 2.45) is 0 Å². The largest absolute Gasteiger partial charge is 0.370 e. The number of ketones is 1. The van der Waals surface area contributed by atoms with E-state index in [4.69, 9.17) is 4.74 Å². The Hall–Kier alpha value is 0.110. The van der Waals surface area contributed by atoms with Crippen LogP contribution in [0.1, 0.15) is 32.1 Å². The lowest BCUT2D eigenvalue weighted by molar-refractivity contribution is -0.133. The van der Waals surface area contributed by atoms with Crippen LogP contribution in [0.25, 0.3) is 0 Å². The molecule has 0 aromatic heterocycles. The topological polar surface area (TPSA) is 26.3 Å². The molecule has 1 heterocycles. The number of hydrogen-bond donors (Lipinski definition) is 0. The fraction of sp³-hybridized carbons (Fsp3) is 0.778. The van der Waals surface area contributed by atoms with Crippen molar-refractivity contribution < 1.29 is 9.53 Å². The van der Waals surface area contributed by atoms with Crippen LogP contribution in [-0.4, -0.2) is 18.5 Å². The molecular weight excluding hydrogens is 220 g/mol. The van der Waals surface area contributed by atoms with Crippen molar-refractivity contribution in [3.05, 3.63) is 5.33 Å². The van der Waals surface area contributed by atoms with E-state index in [1.54, 1.807) is 0 Å². The third kappa shape index (κ3) is 3.23. The van der Waals surface area contributed by atoms with E-state index in [9.17, 15) is 4.79 Å². The predicted octanol–water partition coefficient (Wildman–Crippen LogP) is 2.46. The van der Waals surface area contributed by atoms with Crippen molar-refractivity contribution in [2.45, 2.75) is 38.2 Å². The maximum atomic E-state index is 11.4. The van der Waals surface area contributed by atoms with Gasteiger partial charge in [0.05, 0.1) is 0 Å². The van der Waals surface area contributed by atoms with E-state index in [1.807, 2.05) is 5.33 Å². The molecule has 0 aromatic carbocycles. The van der Waals surface area contributed by atoms with E-state index in [2.05, 4.69) is 15.9 Å². The van der Waals surface area contributed by atoms with Crippen molar-refractivity contribution in [1.29, 1.82) is 0 Å². The molecule has 0 bridgehead atoms. The second-order valence-electron chi connectivity index (χ2n) is 3.01. The van der Waals surface area contributed by atoms with Gasteiger partial charge in [-0.25, -0.2) is 0 Å². The summed E-state index contributed by atoms with van der Waals surface area (Å²) in [6, 6.07) is 0. The zero-order valence-electron chi connectivity index (χ0n) is 7.09. The van der Waals surface area contributed by atoms with Crippen LogP contribution in [0.4, 0.5) is 0 Å². The molecule has 0 saturated carbocycles. The Morgan fingerprint density at radius 2 is 2.42 bits per heavy atom. The van der Waals surface area contributed by atoms with Crippen LogP contribution in [0.3, 0.4) is 0 Å². The summed E-state index contributed by atoms with van der Waals surface area (Å²) >= 11 is 3.18. The van der Waals surface area contributed by atoms with Gasteiger partial charge in [-0.15, -0.1) is 0 Å². The number of rotatable bonds is 4. The molecular formula is C9H14BrO2. The molecule has 12 heavy (non-hydrogen) atoms. The number of halogens is 1. The van der Waals surface area contributed by atoms with Gasteiger partial charge in [-0.2, -0.15) is 0 Å². The number of ether oxygens (including phenoxy) is 1. The van der Waals surface area contributed by atoms with Gasteiger partial charge in [0.1, 0.15) is 6.10 Å². The van der Waals surface area contributed by atoms with Crippen LogP contribution in [-0.2, 0) is 9.53 Å². The first-order valence-electron chi connectivity index (χ1n) is 4.41. The Morgan fingerprint density at radius 3 is 3.00 bits per heavy atom. The zero-order valence-corrected chi connectivity index (χ0v) is 8.68. The molecule has 2 nitrogen and oxygen atoms in total.